The van der Waals surface area contributed by atoms with Gasteiger partial charge in [-0.1, -0.05) is 6.07 Å². The number of para-hydroxylation sites is 1. The average Bonchev–Trinajstić information content (AvgIpc) is 2.37. The fourth-order valence-corrected chi connectivity index (χ4v) is 1.91. The molecule has 2 rings (SSSR count). The molecular weight excluding hydrogens is 317 g/mol. The number of halogens is 2. The Morgan fingerprint density at radius 2 is 1.89 bits per heavy atom. The highest BCUT2D eigenvalue weighted by molar-refractivity contribution is 9.10. The molecule has 0 spiro atoms. The number of amides is 1. The number of anilines is 1. The van der Waals surface area contributed by atoms with Crippen LogP contribution in [-0.4, -0.2) is 16.1 Å². The molecule has 2 aromatic rings. The Morgan fingerprint density at radius 3 is 2.53 bits per heavy atom. The molecule has 0 aromatic heterocycles. The molecular formula is C13H9BrFNO3. The lowest BCUT2D eigenvalue weighted by Gasteiger charge is -2.09. The van der Waals surface area contributed by atoms with E-state index < -0.39 is 17.5 Å². The minimum absolute atomic E-state index is 0.0139. The summed E-state index contributed by atoms with van der Waals surface area (Å²) >= 11 is 3.13. The first kappa shape index (κ1) is 13.4. The quantitative estimate of drug-likeness (QED) is 0.742. The Bertz CT molecular complexity index is 626. The lowest BCUT2D eigenvalue weighted by molar-refractivity contribution is 0.102. The summed E-state index contributed by atoms with van der Waals surface area (Å²) in [5, 5.41) is 20.9. The van der Waals surface area contributed by atoms with Crippen molar-refractivity contribution in [3.05, 3.63) is 52.3 Å². The van der Waals surface area contributed by atoms with Gasteiger partial charge in [0.05, 0.1) is 5.69 Å². The molecule has 0 atom stereocenters. The molecule has 0 saturated heterocycles. The Hall–Kier alpha value is -2.08. The van der Waals surface area contributed by atoms with E-state index in [1.54, 1.807) is 6.07 Å². The fourth-order valence-electron chi connectivity index (χ4n) is 1.47. The zero-order valence-corrected chi connectivity index (χ0v) is 11.1. The largest absolute Gasteiger partial charge is 0.504 e. The third-order valence-electron chi connectivity index (χ3n) is 2.44. The van der Waals surface area contributed by atoms with Gasteiger partial charge in [-0.25, -0.2) is 4.39 Å². The van der Waals surface area contributed by atoms with Gasteiger partial charge in [0.15, 0.2) is 11.5 Å². The highest BCUT2D eigenvalue weighted by atomic mass is 79.9. The van der Waals surface area contributed by atoms with Crippen LogP contribution in [-0.2, 0) is 0 Å². The molecule has 0 radical (unpaired) electrons. The molecule has 0 aliphatic heterocycles. The number of nitrogens with one attached hydrogen (secondary N) is 1. The predicted octanol–water partition coefficient (Wildman–Crippen LogP) is 3.25. The number of hydrogen-bond acceptors (Lipinski definition) is 3. The Kier molecular flexibility index (Phi) is 3.71. The van der Waals surface area contributed by atoms with Gasteiger partial charge in [-0.05, 0) is 46.3 Å². The summed E-state index contributed by atoms with van der Waals surface area (Å²) in [5.74, 6) is -1.92. The number of benzene rings is 2. The zero-order chi connectivity index (χ0) is 14.0. The number of phenols is 2. The number of carbonyl (C=O) groups excluding carboxylic acids is 1. The summed E-state index contributed by atoms with van der Waals surface area (Å²) in [7, 11) is 0. The highest BCUT2D eigenvalue weighted by Gasteiger charge is 2.13. The van der Waals surface area contributed by atoms with E-state index in [1.165, 1.54) is 24.3 Å². The van der Waals surface area contributed by atoms with E-state index in [4.69, 9.17) is 5.11 Å². The van der Waals surface area contributed by atoms with Crippen molar-refractivity contribution in [2.24, 2.45) is 0 Å². The van der Waals surface area contributed by atoms with Gasteiger partial charge in [-0.3, -0.25) is 4.79 Å². The van der Waals surface area contributed by atoms with Crippen LogP contribution in [0.5, 0.6) is 11.5 Å². The number of aromatic hydroxyl groups is 2. The maximum atomic E-state index is 13.5. The maximum Gasteiger partial charge on any atom is 0.255 e. The van der Waals surface area contributed by atoms with Gasteiger partial charge >= 0.3 is 0 Å². The predicted molar refractivity (Wildman–Crippen MR) is 71.8 cm³/mol. The van der Waals surface area contributed by atoms with Crippen LogP contribution in [0.2, 0.25) is 0 Å². The van der Waals surface area contributed by atoms with Gasteiger partial charge in [-0.2, -0.15) is 0 Å². The van der Waals surface area contributed by atoms with Crippen molar-refractivity contribution in [3.8, 4) is 11.5 Å². The first-order valence-corrected chi connectivity index (χ1v) is 6.05. The first-order chi connectivity index (χ1) is 8.99. The van der Waals surface area contributed by atoms with E-state index in [9.17, 15) is 14.3 Å². The monoisotopic (exact) mass is 325 g/mol. The summed E-state index contributed by atoms with van der Waals surface area (Å²) in [6, 6.07) is 7.91. The molecule has 0 fully saturated rings. The van der Waals surface area contributed by atoms with Crippen LogP contribution < -0.4 is 5.32 Å². The van der Waals surface area contributed by atoms with Gasteiger partial charge in [0.2, 0.25) is 0 Å². The topological polar surface area (TPSA) is 69.6 Å². The molecule has 0 unspecified atom stereocenters. The highest BCUT2D eigenvalue weighted by Crippen LogP contribution is 2.28. The Balaban J connectivity index is 2.28. The molecule has 19 heavy (non-hydrogen) atoms. The molecule has 1 amide bonds. The van der Waals surface area contributed by atoms with Crippen LogP contribution in [0.15, 0.2) is 40.9 Å². The van der Waals surface area contributed by atoms with E-state index in [0.29, 0.717) is 4.47 Å². The van der Waals surface area contributed by atoms with Crippen molar-refractivity contribution in [3.63, 3.8) is 0 Å². The van der Waals surface area contributed by atoms with Crippen LogP contribution in [0.1, 0.15) is 10.4 Å². The summed E-state index contributed by atoms with van der Waals surface area (Å²) in [4.78, 5) is 11.9. The smallest absolute Gasteiger partial charge is 0.255 e. The van der Waals surface area contributed by atoms with Crippen molar-refractivity contribution in [1.29, 1.82) is 0 Å². The maximum absolute atomic E-state index is 13.5. The summed E-state index contributed by atoms with van der Waals surface area (Å²) in [6.45, 7) is 0. The van der Waals surface area contributed by atoms with Crippen molar-refractivity contribution in [2.75, 3.05) is 5.32 Å². The van der Waals surface area contributed by atoms with Crippen LogP contribution >= 0.6 is 15.9 Å². The van der Waals surface area contributed by atoms with Crippen LogP contribution in [0.25, 0.3) is 0 Å². The van der Waals surface area contributed by atoms with Crippen molar-refractivity contribution in [2.45, 2.75) is 0 Å². The Labute approximate surface area is 116 Å². The van der Waals surface area contributed by atoms with E-state index in [1.807, 2.05) is 0 Å². The second kappa shape index (κ2) is 5.27. The second-order valence-corrected chi connectivity index (χ2v) is 4.61. The van der Waals surface area contributed by atoms with Crippen LogP contribution in [0.4, 0.5) is 10.1 Å². The summed E-state index contributed by atoms with van der Waals surface area (Å²) in [5.41, 5.74) is 0.116. The molecule has 4 nitrogen and oxygen atoms in total. The standard InChI is InChI=1S/C13H9BrFNO3/c14-8-2-1-3-9(15)12(8)16-13(19)7-4-5-10(17)11(18)6-7/h1-6,17-18H,(H,16,19). The molecule has 98 valence electrons. The molecule has 0 bridgehead atoms. The van der Waals surface area contributed by atoms with Gasteiger partial charge in [0.1, 0.15) is 5.82 Å². The minimum Gasteiger partial charge on any atom is -0.504 e. The number of phenolic OH excluding ortho intramolecular Hbond substituents is 2. The van der Waals surface area contributed by atoms with Crippen molar-refractivity contribution < 1.29 is 19.4 Å². The van der Waals surface area contributed by atoms with E-state index in [2.05, 4.69) is 21.2 Å². The van der Waals surface area contributed by atoms with Gasteiger partial charge in [0.25, 0.3) is 5.91 Å². The molecule has 0 heterocycles. The van der Waals surface area contributed by atoms with Gasteiger partial charge in [0, 0.05) is 10.0 Å². The fraction of sp³-hybridized carbons (Fsp3) is 0. The zero-order valence-electron chi connectivity index (χ0n) is 9.52. The average molecular weight is 326 g/mol. The lowest BCUT2D eigenvalue weighted by Crippen LogP contribution is -2.13. The third kappa shape index (κ3) is 2.85. The van der Waals surface area contributed by atoms with Crippen LogP contribution in [0.3, 0.4) is 0 Å². The van der Waals surface area contributed by atoms with E-state index in [0.717, 1.165) is 6.07 Å². The number of carbonyl (C=O) groups is 1. The lowest BCUT2D eigenvalue weighted by atomic mass is 10.2. The van der Waals surface area contributed by atoms with E-state index in [-0.39, 0.29) is 17.0 Å². The summed E-state index contributed by atoms with van der Waals surface area (Å²) in [6.07, 6.45) is 0. The van der Waals surface area contributed by atoms with Crippen molar-refractivity contribution >= 4 is 27.5 Å². The van der Waals surface area contributed by atoms with Crippen molar-refractivity contribution in [1.82, 2.24) is 0 Å². The summed E-state index contributed by atoms with van der Waals surface area (Å²) < 4.78 is 13.9. The van der Waals surface area contributed by atoms with Crippen LogP contribution in [0, 0.1) is 5.82 Å². The molecule has 6 heteroatoms. The molecule has 2 aromatic carbocycles. The van der Waals surface area contributed by atoms with Gasteiger partial charge < -0.3 is 15.5 Å². The molecule has 0 aliphatic carbocycles. The number of rotatable bonds is 2. The molecule has 3 N–H and O–H groups in total. The van der Waals surface area contributed by atoms with E-state index >= 15 is 0 Å². The van der Waals surface area contributed by atoms with Gasteiger partial charge in [-0.15, -0.1) is 0 Å². The first-order valence-electron chi connectivity index (χ1n) is 5.26. The SMILES string of the molecule is O=C(Nc1c(F)cccc1Br)c1ccc(O)c(O)c1. The third-order valence-corrected chi connectivity index (χ3v) is 3.10. The molecule has 0 saturated carbocycles. The minimum atomic E-state index is -0.596. The number of hydrogen-bond donors (Lipinski definition) is 3. The Morgan fingerprint density at radius 1 is 1.16 bits per heavy atom. The normalized spacial score (nSPS) is 10.2. The second-order valence-electron chi connectivity index (χ2n) is 3.75. The molecule has 0 aliphatic rings.